The first kappa shape index (κ1) is 18.2. The maximum Gasteiger partial charge on any atom is 0.324 e. The average molecular weight is 369 g/mol. The van der Waals surface area contributed by atoms with Gasteiger partial charge in [-0.25, -0.2) is 4.79 Å². The molecule has 4 amide bonds. The summed E-state index contributed by atoms with van der Waals surface area (Å²) in [6.45, 7) is -0.000959. The number of hydrogen-bond acceptors (Lipinski definition) is 5. The van der Waals surface area contributed by atoms with Crippen molar-refractivity contribution < 1.29 is 23.9 Å². The summed E-state index contributed by atoms with van der Waals surface area (Å²) < 4.78 is 10.4. The molecule has 0 unspecified atom stereocenters. The number of carbonyl (C=O) groups is 3. The topological polar surface area (TPSA) is 97.0 Å². The first-order valence-electron chi connectivity index (χ1n) is 8.23. The maximum absolute atomic E-state index is 12.7. The summed E-state index contributed by atoms with van der Waals surface area (Å²) in [6.07, 6.45) is 0. The van der Waals surface area contributed by atoms with Crippen molar-refractivity contribution in [1.82, 2.24) is 10.2 Å². The van der Waals surface area contributed by atoms with Gasteiger partial charge in [-0.1, -0.05) is 18.2 Å². The Balaban J connectivity index is 1.81. The van der Waals surface area contributed by atoms with Gasteiger partial charge in [-0.05, 0) is 23.8 Å². The molecule has 1 fully saturated rings. The van der Waals surface area contributed by atoms with Crippen LogP contribution in [0.15, 0.2) is 42.5 Å². The number of hydrogen-bond donors (Lipinski definition) is 2. The summed E-state index contributed by atoms with van der Waals surface area (Å²) in [7, 11) is 3.04. The second-order valence-corrected chi connectivity index (χ2v) is 5.82. The summed E-state index contributed by atoms with van der Waals surface area (Å²) in [5, 5.41) is 5.26. The molecule has 0 aliphatic carbocycles. The second-order valence-electron chi connectivity index (χ2n) is 5.82. The minimum Gasteiger partial charge on any atom is -0.493 e. The molecule has 8 heteroatoms. The molecule has 1 heterocycles. The van der Waals surface area contributed by atoms with Gasteiger partial charge in [0.15, 0.2) is 11.5 Å². The molecule has 2 aromatic carbocycles. The average Bonchev–Trinajstić information content (AvgIpc) is 3.00. The highest BCUT2D eigenvalue weighted by Crippen LogP contribution is 2.30. The first-order valence-corrected chi connectivity index (χ1v) is 8.23. The smallest absolute Gasteiger partial charge is 0.324 e. The molecule has 0 atom stereocenters. The number of amides is 4. The van der Waals surface area contributed by atoms with Crippen LogP contribution in [0.3, 0.4) is 0 Å². The van der Waals surface area contributed by atoms with Crippen LogP contribution in [-0.4, -0.2) is 43.5 Å². The Hall–Kier alpha value is -3.55. The van der Waals surface area contributed by atoms with Crippen LogP contribution in [0.4, 0.5) is 10.5 Å². The third-order valence-electron chi connectivity index (χ3n) is 4.17. The van der Waals surface area contributed by atoms with Gasteiger partial charge in [0.05, 0.1) is 27.3 Å². The van der Waals surface area contributed by atoms with Crippen LogP contribution in [0.1, 0.15) is 15.9 Å². The molecular weight excluding hydrogens is 350 g/mol. The van der Waals surface area contributed by atoms with Crippen molar-refractivity contribution in [2.45, 2.75) is 6.54 Å². The number of methoxy groups -OCH3 is 2. The van der Waals surface area contributed by atoms with Crippen molar-refractivity contribution in [2.75, 3.05) is 26.1 Å². The number of nitrogens with zero attached hydrogens (tertiary/aromatic N) is 1. The summed E-state index contributed by atoms with van der Waals surface area (Å²) in [5.74, 6) is 0.359. The lowest BCUT2D eigenvalue weighted by Crippen LogP contribution is -2.31. The molecule has 2 N–H and O–H groups in total. The van der Waals surface area contributed by atoms with Gasteiger partial charge in [0.2, 0.25) is 5.91 Å². The highest BCUT2D eigenvalue weighted by molar-refractivity contribution is 6.06. The number of nitrogens with one attached hydrogen (secondary N) is 2. The van der Waals surface area contributed by atoms with Gasteiger partial charge >= 0.3 is 6.03 Å². The van der Waals surface area contributed by atoms with Gasteiger partial charge < -0.3 is 20.1 Å². The van der Waals surface area contributed by atoms with Crippen LogP contribution in [0.25, 0.3) is 0 Å². The van der Waals surface area contributed by atoms with E-state index < -0.39 is 6.03 Å². The lowest BCUT2D eigenvalue weighted by atomic mass is 10.1. The molecule has 0 radical (unpaired) electrons. The van der Waals surface area contributed by atoms with Gasteiger partial charge in [0.1, 0.15) is 0 Å². The highest BCUT2D eigenvalue weighted by Gasteiger charge is 2.29. The summed E-state index contributed by atoms with van der Waals surface area (Å²) in [6, 6.07) is 11.4. The molecular formula is C19H19N3O5. The second kappa shape index (κ2) is 7.77. The molecule has 2 aromatic rings. The quantitative estimate of drug-likeness (QED) is 0.759. The van der Waals surface area contributed by atoms with Crippen molar-refractivity contribution >= 4 is 23.5 Å². The summed E-state index contributed by atoms with van der Waals surface area (Å²) >= 11 is 0. The van der Waals surface area contributed by atoms with Crippen LogP contribution in [0.2, 0.25) is 0 Å². The number of rotatable bonds is 6. The lowest BCUT2D eigenvalue weighted by Gasteiger charge is -2.16. The van der Waals surface area contributed by atoms with E-state index >= 15 is 0 Å². The molecule has 0 aromatic heterocycles. The fourth-order valence-electron chi connectivity index (χ4n) is 2.78. The fourth-order valence-corrected chi connectivity index (χ4v) is 2.78. The number of ether oxygens (including phenoxy) is 2. The minimum atomic E-state index is -0.463. The van der Waals surface area contributed by atoms with E-state index in [0.717, 1.165) is 4.90 Å². The van der Waals surface area contributed by atoms with Crippen LogP contribution in [0.5, 0.6) is 11.5 Å². The van der Waals surface area contributed by atoms with E-state index in [9.17, 15) is 14.4 Å². The monoisotopic (exact) mass is 369 g/mol. The maximum atomic E-state index is 12.7. The van der Waals surface area contributed by atoms with Crippen LogP contribution in [-0.2, 0) is 11.3 Å². The first-order chi connectivity index (χ1) is 13.0. The van der Waals surface area contributed by atoms with E-state index in [1.807, 2.05) is 0 Å². The molecule has 8 nitrogen and oxygen atoms in total. The zero-order valence-corrected chi connectivity index (χ0v) is 14.9. The molecule has 1 aliphatic heterocycles. The van der Waals surface area contributed by atoms with Crippen molar-refractivity contribution in [3.63, 3.8) is 0 Å². The molecule has 1 saturated heterocycles. The number of benzene rings is 2. The lowest BCUT2D eigenvalue weighted by molar-refractivity contribution is -0.125. The standard InChI is InChI=1S/C19H19N3O5/c1-26-15-8-7-13(9-16(15)27-2)21-18(24)14-6-4-3-5-12(14)11-22-17(23)10-20-19(22)25/h3-9H,10-11H2,1-2H3,(H,20,25)(H,21,24). The van der Waals surface area contributed by atoms with E-state index in [2.05, 4.69) is 10.6 Å². The van der Waals surface area contributed by atoms with E-state index in [1.165, 1.54) is 14.2 Å². The molecule has 0 spiro atoms. The molecule has 0 saturated carbocycles. The van der Waals surface area contributed by atoms with E-state index in [0.29, 0.717) is 28.3 Å². The predicted octanol–water partition coefficient (Wildman–Crippen LogP) is 2.01. The number of carbonyl (C=O) groups excluding carboxylic acids is 3. The van der Waals surface area contributed by atoms with E-state index in [-0.39, 0.29) is 24.9 Å². The number of urea groups is 1. The Labute approximate surface area is 156 Å². The fraction of sp³-hybridized carbons (Fsp3) is 0.211. The molecule has 1 aliphatic rings. The van der Waals surface area contributed by atoms with Crippen molar-refractivity contribution in [3.05, 3.63) is 53.6 Å². The van der Waals surface area contributed by atoms with Crippen LogP contribution in [0, 0.1) is 0 Å². The number of imide groups is 1. The zero-order valence-electron chi connectivity index (χ0n) is 14.9. The minimum absolute atomic E-state index is 0.0280. The Kier molecular flexibility index (Phi) is 5.25. The van der Waals surface area contributed by atoms with Crippen molar-refractivity contribution in [3.8, 4) is 11.5 Å². The SMILES string of the molecule is COc1ccc(NC(=O)c2ccccc2CN2C(=O)CNC2=O)cc1OC. The highest BCUT2D eigenvalue weighted by atomic mass is 16.5. The van der Waals surface area contributed by atoms with Crippen molar-refractivity contribution in [2.24, 2.45) is 0 Å². The largest absolute Gasteiger partial charge is 0.493 e. The summed E-state index contributed by atoms with van der Waals surface area (Å²) in [5.41, 5.74) is 1.48. The normalized spacial score (nSPS) is 13.3. The predicted molar refractivity (Wildman–Crippen MR) is 97.9 cm³/mol. The third kappa shape index (κ3) is 3.84. The van der Waals surface area contributed by atoms with Crippen molar-refractivity contribution in [1.29, 1.82) is 0 Å². The Morgan fingerprint density at radius 3 is 2.52 bits per heavy atom. The number of anilines is 1. The van der Waals surface area contributed by atoms with Crippen LogP contribution < -0.4 is 20.1 Å². The molecule has 3 rings (SSSR count). The van der Waals surface area contributed by atoms with Gasteiger partial charge in [-0.15, -0.1) is 0 Å². The third-order valence-corrected chi connectivity index (χ3v) is 4.17. The Bertz CT molecular complexity index is 881. The summed E-state index contributed by atoms with van der Waals surface area (Å²) in [4.78, 5) is 37.4. The Morgan fingerprint density at radius 2 is 1.85 bits per heavy atom. The zero-order chi connectivity index (χ0) is 19.4. The van der Waals surface area contributed by atoms with Gasteiger partial charge in [-0.2, -0.15) is 0 Å². The van der Waals surface area contributed by atoms with Gasteiger partial charge in [0, 0.05) is 17.3 Å². The molecule has 0 bridgehead atoms. The van der Waals surface area contributed by atoms with E-state index in [4.69, 9.17) is 9.47 Å². The van der Waals surface area contributed by atoms with E-state index in [1.54, 1.807) is 42.5 Å². The van der Waals surface area contributed by atoms with Gasteiger partial charge in [-0.3, -0.25) is 14.5 Å². The van der Waals surface area contributed by atoms with Gasteiger partial charge in [0.25, 0.3) is 5.91 Å². The Morgan fingerprint density at radius 1 is 1.11 bits per heavy atom. The molecule has 27 heavy (non-hydrogen) atoms. The van der Waals surface area contributed by atoms with Crippen LogP contribution >= 0.6 is 0 Å². The molecule has 140 valence electrons.